The van der Waals surface area contributed by atoms with Gasteiger partial charge in [-0.15, -0.1) is 0 Å². The molecule has 0 aromatic heterocycles. The van der Waals surface area contributed by atoms with Crippen LogP contribution in [0.1, 0.15) is 93.9 Å². The summed E-state index contributed by atoms with van der Waals surface area (Å²) in [6.07, 6.45) is 10.9. The zero-order chi connectivity index (χ0) is 44.3. The van der Waals surface area contributed by atoms with Gasteiger partial charge in [-0.2, -0.15) is 0 Å². The molecule has 7 heterocycles. The third-order valence-electron chi connectivity index (χ3n) is 14.8. The molecule has 20 atom stereocenters. The molecule has 2 bridgehead atoms. The lowest BCUT2D eigenvalue weighted by atomic mass is 9.72. The van der Waals surface area contributed by atoms with Crippen LogP contribution in [0.15, 0.2) is 59.3 Å². The van der Waals surface area contributed by atoms with Crippen LogP contribution in [0.4, 0.5) is 0 Å². The quantitative estimate of drug-likeness (QED) is 0.173. The number of hydrogen-bond donors (Lipinski definition) is 2. The van der Waals surface area contributed by atoms with Crippen LogP contribution in [0.3, 0.4) is 0 Å². The standard InChI is InChI=1S/C48H70O14/c1-11-25(2)42-28(5)17-18-46(61-42)23-34-20-33(60-46)16-15-27(4)41(58-39-22-37(53-10)43(31(8)56-39)59-38-21-36(52-9)40(49)30(7)55-38)26(3)13-12-14-32-24-54-48-44(62-48)29(6)19-35(45(50)57-34)47(32,48)51/h12-15,17-19,25-26,28,30-31,33-44,49,51H,11,16,20-24H2,1-10H3/b13-12+,27-15+,32-14+/t25-,26-,28-,30-,31-,33+,34-,35-,36-,37-,38-,39-,40-,41-,42-,43-,44+,46+,47+,48-/m0/s1. The summed E-state index contributed by atoms with van der Waals surface area (Å²) in [5.74, 6) is -3.73. The molecular weight excluding hydrogens is 801 g/mol. The van der Waals surface area contributed by atoms with Gasteiger partial charge in [0.05, 0.1) is 49.3 Å². The molecule has 0 amide bonds. The first-order valence-electron chi connectivity index (χ1n) is 22.9. The minimum absolute atomic E-state index is 0.0785. The van der Waals surface area contributed by atoms with Gasteiger partial charge in [0.1, 0.15) is 30.3 Å². The Morgan fingerprint density at radius 2 is 1.61 bits per heavy atom. The van der Waals surface area contributed by atoms with Crippen molar-refractivity contribution in [3.8, 4) is 0 Å². The van der Waals surface area contributed by atoms with Crippen molar-refractivity contribution in [2.75, 3.05) is 20.8 Å². The average Bonchev–Trinajstić information content (AvgIpc) is 3.94. The fourth-order valence-electron chi connectivity index (χ4n) is 11.0. The van der Waals surface area contributed by atoms with Crippen molar-refractivity contribution in [2.45, 2.75) is 191 Å². The van der Waals surface area contributed by atoms with E-state index in [0.717, 1.165) is 17.6 Å². The molecule has 14 nitrogen and oxygen atoms in total. The number of aliphatic hydroxyl groups excluding tert-OH is 1. The molecule has 5 saturated heterocycles. The summed E-state index contributed by atoms with van der Waals surface area (Å²) in [6.45, 7) is 16.4. The van der Waals surface area contributed by atoms with Crippen LogP contribution in [-0.2, 0) is 56.9 Å². The Morgan fingerprint density at radius 3 is 2.35 bits per heavy atom. The monoisotopic (exact) mass is 870 g/mol. The molecule has 0 radical (unpaired) electrons. The van der Waals surface area contributed by atoms with E-state index in [9.17, 15) is 15.0 Å². The van der Waals surface area contributed by atoms with Crippen molar-refractivity contribution in [3.63, 3.8) is 0 Å². The first-order chi connectivity index (χ1) is 29.5. The molecule has 2 spiro atoms. The number of ether oxygens (including phenoxy) is 11. The molecule has 346 valence electrons. The third kappa shape index (κ3) is 8.50. The maximum atomic E-state index is 14.4. The van der Waals surface area contributed by atoms with Gasteiger partial charge >= 0.3 is 5.97 Å². The van der Waals surface area contributed by atoms with Gasteiger partial charge in [0.15, 0.2) is 24.0 Å². The van der Waals surface area contributed by atoms with E-state index in [0.29, 0.717) is 37.7 Å². The summed E-state index contributed by atoms with van der Waals surface area (Å²) < 4.78 is 70.1. The van der Waals surface area contributed by atoms with Crippen LogP contribution < -0.4 is 0 Å². The van der Waals surface area contributed by atoms with Crippen LogP contribution in [0.2, 0.25) is 0 Å². The van der Waals surface area contributed by atoms with E-state index >= 15 is 0 Å². The number of allylic oxidation sites excluding steroid dienone is 2. The smallest absolute Gasteiger partial charge is 0.316 e. The number of hydrogen-bond acceptors (Lipinski definition) is 14. The predicted octanol–water partition coefficient (Wildman–Crippen LogP) is 5.74. The van der Waals surface area contributed by atoms with Gasteiger partial charge in [-0.05, 0) is 62.8 Å². The van der Waals surface area contributed by atoms with Gasteiger partial charge in [0.2, 0.25) is 5.79 Å². The molecule has 0 unspecified atom stereocenters. The predicted molar refractivity (Wildman–Crippen MR) is 225 cm³/mol. The molecule has 8 aliphatic rings. The van der Waals surface area contributed by atoms with E-state index in [1.54, 1.807) is 27.2 Å². The number of esters is 1. The molecule has 62 heavy (non-hydrogen) atoms. The van der Waals surface area contributed by atoms with Gasteiger partial charge in [0, 0.05) is 51.7 Å². The van der Waals surface area contributed by atoms with Crippen molar-refractivity contribution in [3.05, 3.63) is 59.3 Å². The van der Waals surface area contributed by atoms with Crippen molar-refractivity contribution in [1.82, 2.24) is 0 Å². The second-order valence-corrected chi connectivity index (χ2v) is 19.2. The van der Waals surface area contributed by atoms with Crippen molar-refractivity contribution in [1.29, 1.82) is 0 Å². The Bertz CT molecular complexity index is 1790. The Labute approximate surface area is 366 Å². The number of aliphatic hydroxyl groups is 2. The van der Waals surface area contributed by atoms with Crippen molar-refractivity contribution in [2.24, 2.45) is 23.7 Å². The summed E-state index contributed by atoms with van der Waals surface area (Å²) >= 11 is 0. The second-order valence-electron chi connectivity index (χ2n) is 19.2. The zero-order valence-corrected chi connectivity index (χ0v) is 38.1. The fraction of sp³-hybridized carbons (Fsp3) is 0.771. The number of rotatable bonds is 8. The molecule has 14 heteroatoms. The molecule has 0 saturated carbocycles. The minimum atomic E-state index is -1.77. The molecule has 0 aromatic rings. The van der Waals surface area contributed by atoms with Crippen LogP contribution >= 0.6 is 0 Å². The molecule has 5 fully saturated rings. The molecular formula is C48H70O14. The zero-order valence-electron chi connectivity index (χ0n) is 38.1. The van der Waals surface area contributed by atoms with E-state index < -0.39 is 90.5 Å². The second kappa shape index (κ2) is 18.2. The number of carbonyl (C=O) groups is 1. The highest BCUT2D eigenvalue weighted by Crippen LogP contribution is 2.62. The highest BCUT2D eigenvalue weighted by atomic mass is 16.8. The first kappa shape index (κ1) is 46.2. The van der Waals surface area contributed by atoms with Gasteiger partial charge in [-0.1, -0.05) is 70.6 Å². The largest absolute Gasteiger partial charge is 0.462 e. The Balaban J connectivity index is 1.08. The molecule has 7 aliphatic heterocycles. The maximum absolute atomic E-state index is 14.4. The van der Waals surface area contributed by atoms with Gasteiger partial charge in [-0.25, -0.2) is 0 Å². The first-order valence-corrected chi connectivity index (χ1v) is 22.9. The fourth-order valence-corrected chi connectivity index (χ4v) is 11.0. The SMILES string of the molecule is CC[C@H](C)[C@@H]1O[C@]2(C=C[C@@H]1C)C[C@@H]1C[C@@H](C/C=C(\C)[C@@H](O[C@H]3C[C@H](OC)[C@@H](O[C@H]4C[C@H](OC)[C@@H](O)[C@H](C)O4)[C@H](C)O3)[C@@H](C)/C=C/C=C3\CO[C@]45O[C@@H]4C(C)=C[C@@H](C(=O)O1)[C@]35O)O2. The van der Waals surface area contributed by atoms with Crippen molar-refractivity contribution < 1.29 is 67.1 Å². The van der Waals surface area contributed by atoms with E-state index in [1.165, 1.54) is 0 Å². The van der Waals surface area contributed by atoms with Gasteiger partial charge < -0.3 is 62.3 Å². The van der Waals surface area contributed by atoms with Crippen LogP contribution in [-0.4, -0.2) is 134 Å². The Kier molecular flexibility index (Phi) is 13.5. The van der Waals surface area contributed by atoms with E-state index in [2.05, 4.69) is 46.8 Å². The lowest BCUT2D eigenvalue weighted by molar-refractivity contribution is -0.318. The van der Waals surface area contributed by atoms with Crippen LogP contribution in [0, 0.1) is 23.7 Å². The molecule has 8 rings (SSSR count). The van der Waals surface area contributed by atoms with Gasteiger partial charge in [0.25, 0.3) is 0 Å². The number of fused-ring (bicyclic) bond motifs is 2. The molecule has 2 N–H and O–H groups in total. The highest BCUT2D eigenvalue weighted by Gasteiger charge is 2.80. The molecule has 0 aromatic carbocycles. The van der Waals surface area contributed by atoms with E-state index in [-0.39, 0.29) is 42.7 Å². The molecule has 1 aliphatic carbocycles. The Morgan fingerprint density at radius 1 is 0.887 bits per heavy atom. The van der Waals surface area contributed by atoms with E-state index in [4.69, 9.17) is 52.1 Å². The third-order valence-corrected chi connectivity index (χ3v) is 14.8. The summed E-state index contributed by atoms with van der Waals surface area (Å²) in [5.41, 5.74) is 0.575. The average molecular weight is 871 g/mol. The number of carbonyl (C=O) groups excluding carboxylic acids is 1. The van der Waals surface area contributed by atoms with Crippen molar-refractivity contribution >= 4 is 5.97 Å². The Hall–Kier alpha value is -2.31. The highest BCUT2D eigenvalue weighted by molar-refractivity contribution is 5.79. The summed E-state index contributed by atoms with van der Waals surface area (Å²) in [7, 11) is 3.23. The maximum Gasteiger partial charge on any atom is 0.316 e. The number of epoxide rings is 1. The van der Waals surface area contributed by atoms with Gasteiger partial charge in [-0.3, -0.25) is 4.79 Å². The minimum Gasteiger partial charge on any atom is -0.462 e. The summed E-state index contributed by atoms with van der Waals surface area (Å²) in [5, 5.41) is 23.2. The van der Waals surface area contributed by atoms with Crippen LogP contribution in [0.25, 0.3) is 0 Å². The number of methoxy groups -OCH3 is 2. The topological polar surface area (TPSA) is 162 Å². The summed E-state index contributed by atoms with van der Waals surface area (Å²) in [6, 6.07) is 0. The summed E-state index contributed by atoms with van der Waals surface area (Å²) in [4.78, 5) is 14.4. The van der Waals surface area contributed by atoms with E-state index in [1.807, 2.05) is 38.2 Å². The normalized spacial score (nSPS) is 50.8. The lowest BCUT2D eigenvalue weighted by Gasteiger charge is -2.48. The van der Waals surface area contributed by atoms with Crippen LogP contribution in [0.5, 0.6) is 0 Å². The lowest BCUT2D eigenvalue weighted by Crippen LogP contribution is -2.56.